The van der Waals surface area contributed by atoms with Crippen LogP contribution in [0.1, 0.15) is 48.5 Å². The molecule has 0 aromatic carbocycles. The number of rotatable bonds is 6. The van der Waals surface area contributed by atoms with E-state index in [1.807, 2.05) is 0 Å². The summed E-state index contributed by atoms with van der Waals surface area (Å²) in [6, 6.07) is 0.141. The summed E-state index contributed by atoms with van der Waals surface area (Å²) in [6.45, 7) is 14.6. The van der Waals surface area contributed by atoms with E-state index in [2.05, 4.69) is 46.4 Å². The molecule has 0 aliphatic carbocycles. The Bertz CT molecular complexity index is 212. The average molecular weight is 229 g/mol. The summed E-state index contributed by atoms with van der Waals surface area (Å²) in [5.41, 5.74) is 0. The van der Waals surface area contributed by atoms with E-state index in [0.29, 0.717) is 11.8 Å². The molecule has 3 unspecified atom stereocenters. The number of nitrogens with zero attached hydrogens (tertiary/aromatic N) is 1. The lowest BCUT2D eigenvalue weighted by Gasteiger charge is -2.41. The van der Waals surface area contributed by atoms with Crippen LogP contribution in [-0.2, 0) is 4.79 Å². The summed E-state index contributed by atoms with van der Waals surface area (Å²) < 4.78 is 0. The highest BCUT2D eigenvalue weighted by atomic mass is 16.4. The number of aliphatic carboxylic acids is 1. The molecule has 96 valence electrons. The number of hydrogen-bond acceptors (Lipinski definition) is 2. The van der Waals surface area contributed by atoms with Gasteiger partial charge in [-0.05, 0) is 32.6 Å². The van der Waals surface area contributed by atoms with Gasteiger partial charge in [0.2, 0.25) is 0 Å². The van der Waals surface area contributed by atoms with Gasteiger partial charge >= 0.3 is 5.97 Å². The van der Waals surface area contributed by atoms with Crippen molar-refractivity contribution in [2.24, 2.45) is 11.8 Å². The van der Waals surface area contributed by atoms with Crippen LogP contribution in [0.3, 0.4) is 0 Å². The first-order chi connectivity index (χ1) is 7.20. The van der Waals surface area contributed by atoms with Gasteiger partial charge in [-0.1, -0.05) is 27.7 Å². The lowest BCUT2D eigenvalue weighted by molar-refractivity contribution is -0.145. The third-order valence-corrected chi connectivity index (χ3v) is 3.67. The topological polar surface area (TPSA) is 40.5 Å². The van der Waals surface area contributed by atoms with Crippen molar-refractivity contribution in [3.05, 3.63) is 0 Å². The zero-order valence-corrected chi connectivity index (χ0v) is 11.7. The Morgan fingerprint density at radius 3 is 1.38 bits per heavy atom. The molecule has 0 bridgehead atoms. The lowest BCUT2D eigenvalue weighted by Crippen LogP contribution is -2.52. The highest BCUT2D eigenvalue weighted by Gasteiger charge is 2.32. The van der Waals surface area contributed by atoms with Gasteiger partial charge in [0.05, 0.1) is 0 Å². The molecule has 0 aliphatic heterocycles. The molecule has 0 rings (SSSR count). The van der Waals surface area contributed by atoms with Crippen LogP contribution >= 0.6 is 0 Å². The first-order valence-electron chi connectivity index (χ1n) is 6.20. The molecule has 1 N–H and O–H groups in total. The second-order valence-electron chi connectivity index (χ2n) is 5.43. The summed E-state index contributed by atoms with van der Waals surface area (Å²) in [5, 5.41) is 9.17. The maximum Gasteiger partial charge on any atom is 0.320 e. The zero-order chi connectivity index (χ0) is 13.0. The predicted molar refractivity (Wildman–Crippen MR) is 67.5 cm³/mol. The molecule has 3 heteroatoms. The largest absolute Gasteiger partial charge is 0.480 e. The van der Waals surface area contributed by atoms with Gasteiger partial charge in [-0.25, -0.2) is 0 Å². The van der Waals surface area contributed by atoms with E-state index in [0.717, 1.165) is 0 Å². The van der Waals surface area contributed by atoms with E-state index < -0.39 is 12.0 Å². The molecule has 0 heterocycles. The van der Waals surface area contributed by atoms with Crippen LogP contribution in [-0.4, -0.2) is 34.1 Å². The van der Waals surface area contributed by atoms with Gasteiger partial charge in [0, 0.05) is 12.1 Å². The maximum absolute atomic E-state index is 11.2. The molecule has 0 spiro atoms. The quantitative estimate of drug-likeness (QED) is 0.761. The van der Waals surface area contributed by atoms with Gasteiger partial charge in [0.1, 0.15) is 6.04 Å². The Labute approximate surface area is 99.8 Å². The molecule has 0 saturated carbocycles. The van der Waals surface area contributed by atoms with Gasteiger partial charge in [-0.2, -0.15) is 0 Å². The van der Waals surface area contributed by atoms with E-state index in [4.69, 9.17) is 0 Å². The molecule has 0 saturated heterocycles. The van der Waals surface area contributed by atoms with E-state index >= 15 is 0 Å². The van der Waals surface area contributed by atoms with Crippen LogP contribution in [0.5, 0.6) is 0 Å². The third kappa shape index (κ3) is 3.78. The van der Waals surface area contributed by atoms with Crippen molar-refractivity contribution in [3.63, 3.8) is 0 Å². The monoisotopic (exact) mass is 229 g/mol. The van der Waals surface area contributed by atoms with Gasteiger partial charge < -0.3 is 5.11 Å². The summed E-state index contributed by atoms with van der Waals surface area (Å²) in [4.78, 5) is 13.3. The Balaban J connectivity index is 4.97. The number of carbonyl (C=O) groups is 1. The fraction of sp³-hybridized carbons (Fsp3) is 0.923. The Morgan fingerprint density at radius 1 is 0.875 bits per heavy atom. The van der Waals surface area contributed by atoms with Crippen molar-refractivity contribution in [1.82, 2.24) is 4.90 Å². The summed E-state index contributed by atoms with van der Waals surface area (Å²) in [6.07, 6.45) is 0. The molecular formula is C13H27NO2. The van der Waals surface area contributed by atoms with Crippen LogP contribution in [0.25, 0.3) is 0 Å². The number of hydrogen-bond donors (Lipinski definition) is 1. The predicted octanol–water partition coefficient (Wildman–Crippen LogP) is 2.85. The molecule has 0 fully saturated rings. The van der Waals surface area contributed by atoms with Crippen LogP contribution < -0.4 is 0 Å². The lowest BCUT2D eigenvalue weighted by atomic mass is 9.95. The van der Waals surface area contributed by atoms with E-state index in [-0.39, 0.29) is 12.1 Å². The Kier molecular flexibility index (Phi) is 6.01. The van der Waals surface area contributed by atoms with Crippen molar-refractivity contribution in [3.8, 4) is 0 Å². The van der Waals surface area contributed by atoms with Gasteiger partial charge in [0.15, 0.2) is 0 Å². The smallest absolute Gasteiger partial charge is 0.320 e. The normalized spacial score (nSPS) is 17.9. The van der Waals surface area contributed by atoms with Crippen LogP contribution in [0, 0.1) is 11.8 Å². The first-order valence-corrected chi connectivity index (χ1v) is 6.20. The minimum atomic E-state index is -0.736. The van der Waals surface area contributed by atoms with Gasteiger partial charge in [0.25, 0.3) is 0 Å². The number of carboxylic acids is 1. The highest BCUT2D eigenvalue weighted by molar-refractivity contribution is 5.73. The highest BCUT2D eigenvalue weighted by Crippen LogP contribution is 2.21. The molecule has 0 amide bonds. The molecular weight excluding hydrogens is 202 g/mol. The SMILES string of the molecule is CC(C)C(C)N(C(C)C(=O)O)C(C)C(C)C. The van der Waals surface area contributed by atoms with Crippen LogP contribution in [0.2, 0.25) is 0 Å². The summed E-state index contributed by atoms with van der Waals surface area (Å²) in [7, 11) is 0. The van der Waals surface area contributed by atoms with Crippen molar-refractivity contribution >= 4 is 5.97 Å². The minimum Gasteiger partial charge on any atom is -0.480 e. The summed E-state index contributed by atoms with van der Waals surface area (Å²) in [5.74, 6) is 0.186. The molecule has 3 atom stereocenters. The van der Waals surface area contributed by atoms with E-state index in [9.17, 15) is 9.90 Å². The van der Waals surface area contributed by atoms with Crippen molar-refractivity contribution in [2.45, 2.75) is 66.6 Å². The fourth-order valence-electron chi connectivity index (χ4n) is 1.89. The van der Waals surface area contributed by atoms with Gasteiger partial charge in [-0.15, -0.1) is 0 Å². The van der Waals surface area contributed by atoms with E-state index in [1.54, 1.807) is 6.92 Å². The van der Waals surface area contributed by atoms with Crippen LogP contribution in [0.15, 0.2) is 0 Å². The van der Waals surface area contributed by atoms with Crippen molar-refractivity contribution < 1.29 is 9.90 Å². The second kappa shape index (κ2) is 6.24. The average Bonchev–Trinajstić information content (AvgIpc) is 2.16. The first kappa shape index (κ1) is 15.4. The van der Waals surface area contributed by atoms with Crippen molar-refractivity contribution in [2.75, 3.05) is 0 Å². The third-order valence-electron chi connectivity index (χ3n) is 3.67. The number of carboxylic acid groups (broad SMARTS) is 1. The minimum absolute atomic E-state index is 0.281. The molecule has 0 radical (unpaired) electrons. The molecule has 3 nitrogen and oxygen atoms in total. The second-order valence-corrected chi connectivity index (χ2v) is 5.43. The summed E-state index contributed by atoms with van der Waals surface area (Å²) >= 11 is 0. The van der Waals surface area contributed by atoms with Gasteiger partial charge in [-0.3, -0.25) is 9.69 Å². The Hall–Kier alpha value is -0.570. The zero-order valence-electron chi connectivity index (χ0n) is 11.7. The molecule has 0 aliphatic rings. The molecule has 0 aromatic rings. The molecule has 0 aromatic heterocycles. The van der Waals surface area contributed by atoms with E-state index in [1.165, 1.54) is 0 Å². The fourth-order valence-corrected chi connectivity index (χ4v) is 1.89. The maximum atomic E-state index is 11.2. The van der Waals surface area contributed by atoms with Crippen molar-refractivity contribution in [1.29, 1.82) is 0 Å². The Morgan fingerprint density at radius 2 is 1.19 bits per heavy atom. The van der Waals surface area contributed by atoms with Crippen LogP contribution in [0.4, 0.5) is 0 Å². The molecule has 16 heavy (non-hydrogen) atoms. The standard InChI is InChI=1S/C13H27NO2/c1-8(2)10(5)14(11(6)9(3)4)12(7)13(15)16/h8-12H,1-7H3,(H,15,16).